The first kappa shape index (κ1) is 21.5. The van der Waals surface area contributed by atoms with Gasteiger partial charge in [-0.15, -0.1) is 0 Å². The van der Waals surface area contributed by atoms with E-state index in [1.807, 2.05) is 0 Å². The lowest BCUT2D eigenvalue weighted by Gasteiger charge is -2.33. The van der Waals surface area contributed by atoms with Crippen LogP contribution in [0.4, 0.5) is 29.1 Å². The van der Waals surface area contributed by atoms with Gasteiger partial charge in [0.05, 0.1) is 16.1 Å². The van der Waals surface area contributed by atoms with Crippen molar-refractivity contribution in [3.05, 3.63) is 75.7 Å². The molecule has 1 amide bonds. The summed E-state index contributed by atoms with van der Waals surface area (Å²) in [7, 11) is 0. The molecule has 5 nitrogen and oxygen atoms in total. The van der Waals surface area contributed by atoms with Gasteiger partial charge in [-0.05, 0) is 35.9 Å². The zero-order valence-electron chi connectivity index (χ0n) is 15.6. The van der Waals surface area contributed by atoms with Crippen LogP contribution in [0.15, 0.2) is 48.5 Å². The Kier molecular flexibility index (Phi) is 5.57. The van der Waals surface area contributed by atoms with Crippen molar-refractivity contribution >= 4 is 40.6 Å². The monoisotopic (exact) mass is 472 g/mol. The second-order valence-electron chi connectivity index (χ2n) is 6.98. The van der Waals surface area contributed by atoms with Gasteiger partial charge in [-0.3, -0.25) is 4.79 Å². The Bertz CT molecular complexity index is 1130. The van der Waals surface area contributed by atoms with Crippen LogP contribution in [0, 0.1) is 5.82 Å². The van der Waals surface area contributed by atoms with Crippen molar-refractivity contribution in [3.63, 3.8) is 0 Å². The molecule has 4 rings (SSSR count). The quantitative estimate of drug-likeness (QED) is 0.443. The van der Waals surface area contributed by atoms with E-state index >= 15 is 0 Å². The van der Waals surface area contributed by atoms with Crippen molar-refractivity contribution in [2.75, 3.05) is 10.6 Å². The van der Waals surface area contributed by atoms with Crippen LogP contribution >= 0.6 is 23.2 Å². The molecule has 0 saturated carbocycles. The van der Waals surface area contributed by atoms with Crippen molar-refractivity contribution in [3.8, 4) is 0 Å². The lowest BCUT2D eigenvalue weighted by Crippen LogP contribution is -2.35. The molecular formula is C20H14Cl2F4N4O. The van der Waals surface area contributed by atoms with Crippen LogP contribution < -0.4 is 10.6 Å². The number of alkyl halides is 3. The molecule has 0 radical (unpaired) electrons. The average molecular weight is 473 g/mol. The summed E-state index contributed by atoms with van der Waals surface area (Å²) in [5.41, 5.74) is 0.599. The van der Waals surface area contributed by atoms with Crippen molar-refractivity contribution < 1.29 is 22.4 Å². The normalized spacial score (nSPS) is 18.3. The summed E-state index contributed by atoms with van der Waals surface area (Å²) in [6.45, 7) is 0. The maximum Gasteiger partial charge on any atom is 0.410 e. The zero-order chi connectivity index (χ0) is 22.3. The fourth-order valence-corrected chi connectivity index (χ4v) is 3.67. The molecule has 3 aromatic rings. The number of fused-ring (bicyclic) bond motifs is 1. The summed E-state index contributed by atoms with van der Waals surface area (Å²) in [5.74, 6) is -1.17. The minimum atomic E-state index is -4.60. The number of benzene rings is 2. The van der Waals surface area contributed by atoms with Crippen LogP contribution in [0.5, 0.6) is 0 Å². The highest BCUT2D eigenvalue weighted by molar-refractivity contribution is 6.42. The lowest BCUT2D eigenvalue weighted by atomic mass is 9.97. The SMILES string of the molecule is O=C(Nc1ccc(Cl)c(Cl)c1)c1cc2n(n1)C(C(F)(F)F)CC(c1ccc(F)cc1)N2. The van der Waals surface area contributed by atoms with Crippen molar-refractivity contribution in [2.24, 2.45) is 0 Å². The molecule has 2 N–H and O–H groups in total. The first-order valence-electron chi connectivity index (χ1n) is 9.06. The topological polar surface area (TPSA) is 59.0 Å². The number of nitrogens with zero attached hydrogens (tertiary/aromatic N) is 2. The van der Waals surface area contributed by atoms with Crippen LogP contribution in [-0.4, -0.2) is 21.9 Å². The largest absolute Gasteiger partial charge is 0.410 e. The Labute approximate surface area is 184 Å². The molecule has 0 saturated heterocycles. The number of rotatable bonds is 3. The Morgan fingerprint density at radius 2 is 1.81 bits per heavy atom. The highest BCUT2D eigenvalue weighted by Gasteiger charge is 2.46. The van der Waals surface area contributed by atoms with Gasteiger partial charge in [-0.2, -0.15) is 18.3 Å². The highest BCUT2D eigenvalue weighted by atomic mass is 35.5. The fraction of sp³-hybridized carbons (Fsp3) is 0.200. The van der Waals surface area contributed by atoms with Crippen LogP contribution in [0.25, 0.3) is 0 Å². The summed E-state index contributed by atoms with van der Waals surface area (Å²) in [6.07, 6.45) is -4.96. The number of carbonyl (C=O) groups excluding carboxylic acids is 1. The smallest absolute Gasteiger partial charge is 0.363 e. The van der Waals surface area contributed by atoms with Crippen LogP contribution in [0.1, 0.15) is 34.6 Å². The average Bonchev–Trinajstić information content (AvgIpc) is 3.14. The molecule has 2 heterocycles. The molecule has 162 valence electrons. The minimum absolute atomic E-state index is 0.0298. The first-order valence-corrected chi connectivity index (χ1v) is 9.82. The van der Waals surface area contributed by atoms with E-state index < -0.39 is 30.0 Å². The molecule has 0 aliphatic carbocycles. The Morgan fingerprint density at radius 1 is 1.10 bits per heavy atom. The van der Waals surface area contributed by atoms with Crippen LogP contribution in [-0.2, 0) is 0 Å². The van der Waals surface area contributed by atoms with Gasteiger partial charge in [0, 0.05) is 18.2 Å². The maximum atomic E-state index is 13.7. The third-order valence-corrected chi connectivity index (χ3v) is 5.61. The maximum absolute atomic E-state index is 13.7. The van der Waals surface area contributed by atoms with Crippen LogP contribution in [0.3, 0.4) is 0 Å². The van der Waals surface area contributed by atoms with Gasteiger partial charge < -0.3 is 10.6 Å². The van der Waals surface area contributed by atoms with E-state index in [0.29, 0.717) is 16.3 Å². The third-order valence-electron chi connectivity index (χ3n) is 4.87. The van der Waals surface area contributed by atoms with Gasteiger partial charge >= 0.3 is 6.18 Å². The number of aromatic nitrogens is 2. The number of amides is 1. The molecule has 1 aliphatic rings. The van der Waals surface area contributed by atoms with Gasteiger partial charge in [0.1, 0.15) is 11.6 Å². The number of carbonyl (C=O) groups is 1. The number of nitrogens with one attached hydrogen (secondary N) is 2. The molecule has 0 bridgehead atoms. The first-order chi connectivity index (χ1) is 14.6. The Hall–Kier alpha value is -2.78. The van der Waals surface area contributed by atoms with Crippen molar-refractivity contribution in [2.45, 2.75) is 24.7 Å². The second kappa shape index (κ2) is 8.05. The van der Waals surface area contributed by atoms with Gasteiger partial charge in [0.25, 0.3) is 5.91 Å². The molecule has 0 spiro atoms. The van der Waals surface area contributed by atoms with E-state index in [1.54, 1.807) is 0 Å². The molecular weight excluding hydrogens is 459 g/mol. The van der Waals surface area contributed by atoms with E-state index in [1.165, 1.54) is 48.5 Å². The molecule has 11 heteroatoms. The summed E-state index contributed by atoms with van der Waals surface area (Å²) in [6, 6.07) is 8.15. The fourth-order valence-electron chi connectivity index (χ4n) is 3.37. The summed E-state index contributed by atoms with van der Waals surface area (Å²) >= 11 is 11.8. The van der Waals surface area contributed by atoms with Gasteiger partial charge in [0.15, 0.2) is 11.7 Å². The van der Waals surface area contributed by atoms with Gasteiger partial charge in [-0.1, -0.05) is 35.3 Å². The lowest BCUT2D eigenvalue weighted by molar-refractivity contribution is -0.173. The van der Waals surface area contributed by atoms with E-state index in [9.17, 15) is 22.4 Å². The minimum Gasteiger partial charge on any atom is -0.363 e. The predicted octanol–water partition coefficient (Wildman–Crippen LogP) is 6.24. The standard InChI is InChI=1S/C20H14Cl2F4N4O/c21-13-6-5-12(7-14(13)22)27-19(31)16-9-18-28-15(10-1-3-11(23)4-2-10)8-17(20(24,25)26)30(18)29-16/h1-7,9,15,17,28H,8H2,(H,27,31). The van der Waals surface area contributed by atoms with Gasteiger partial charge in [0.2, 0.25) is 0 Å². The summed E-state index contributed by atoms with van der Waals surface area (Å²) < 4.78 is 55.2. The highest BCUT2D eigenvalue weighted by Crippen LogP contribution is 2.43. The summed E-state index contributed by atoms with van der Waals surface area (Å²) in [5, 5.41) is 9.86. The number of halogens is 6. The van der Waals surface area contributed by atoms with Crippen LogP contribution in [0.2, 0.25) is 10.0 Å². The molecule has 2 aromatic carbocycles. The number of anilines is 2. The molecule has 2 atom stereocenters. The number of hydrogen-bond acceptors (Lipinski definition) is 3. The van der Waals surface area contributed by atoms with Crippen molar-refractivity contribution in [1.29, 1.82) is 0 Å². The van der Waals surface area contributed by atoms with E-state index in [2.05, 4.69) is 15.7 Å². The molecule has 1 aliphatic heterocycles. The molecule has 1 aromatic heterocycles. The zero-order valence-corrected chi connectivity index (χ0v) is 17.1. The van der Waals surface area contributed by atoms with E-state index in [4.69, 9.17) is 23.2 Å². The van der Waals surface area contributed by atoms with Gasteiger partial charge in [-0.25, -0.2) is 9.07 Å². The Morgan fingerprint density at radius 3 is 2.45 bits per heavy atom. The van der Waals surface area contributed by atoms with E-state index in [0.717, 1.165) is 4.68 Å². The third kappa shape index (κ3) is 4.47. The molecule has 0 fully saturated rings. The second-order valence-corrected chi connectivity index (χ2v) is 7.80. The van der Waals surface area contributed by atoms with Crippen molar-refractivity contribution in [1.82, 2.24) is 9.78 Å². The van der Waals surface area contributed by atoms with E-state index in [-0.39, 0.29) is 23.0 Å². The number of hydrogen-bond donors (Lipinski definition) is 2. The summed E-state index contributed by atoms with van der Waals surface area (Å²) in [4.78, 5) is 12.6. The Balaban J connectivity index is 1.63. The molecule has 31 heavy (non-hydrogen) atoms. The predicted molar refractivity (Wildman–Crippen MR) is 109 cm³/mol. The molecule has 2 unspecified atom stereocenters.